The second kappa shape index (κ2) is 32.0. The third kappa shape index (κ3) is 15.7. The van der Waals surface area contributed by atoms with Crippen molar-refractivity contribution >= 4 is 35.3 Å². The van der Waals surface area contributed by atoms with E-state index in [0.717, 1.165) is 50.3 Å². The number of carboxylic acid groups (broad SMARTS) is 1. The quantitative estimate of drug-likeness (QED) is 0.0606. The van der Waals surface area contributed by atoms with Crippen LogP contribution in [-0.4, -0.2) is 172 Å². The average molecular weight is 1290 g/mol. The molecule has 12 rings (SSSR count). The third-order valence-corrected chi connectivity index (χ3v) is 17.9. The Morgan fingerprint density at radius 3 is 1.14 bits per heavy atom. The van der Waals surface area contributed by atoms with Crippen molar-refractivity contribution in [2.45, 2.75) is 50.1 Å². The number of piperazine rings is 2. The molecule has 0 saturated carbocycles. The van der Waals surface area contributed by atoms with Gasteiger partial charge in [-0.3, -0.25) is 33.8 Å². The number of hydrogen-bond donors (Lipinski definition) is 2. The van der Waals surface area contributed by atoms with Crippen LogP contribution in [0.5, 0.6) is 34.5 Å². The number of carbonyl (C=O) groups excluding carboxylic acids is 5. The zero-order valence-corrected chi connectivity index (χ0v) is 54.4. The van der Waals surface area contributed by atoms with E-state index < -0.39 is 29.5 Å². The summed E-state index contributed by atoms with van der Waals surface area (Å²) in [6, 6.07) is 63.3. The molecule has 95 heavy (non-hydrogen) atoms. The molecule has 2 N–H and O–H groups in total. The van der Waals surface area contributed by atoms with Gasteiger partial charge in [-0.1, -0.05) is 170 Å². The first-order valence-electron chi connectivity index (χ1n) is 31.6. The second-order valence-corrected chi connectivity index (χ2v) is 23.3. The number of carboxylic acids is 1. The lowest BCUT2D eigenvalue weighted by Crippen LogP contribution is -2.58. The molecule has 2 fully saturated rings. The van der Waals surface area contributed by atoms with Gasteiger partial charge in [0.25, 0.3) is 17.5 Å². The average Bonchev–Trinajstić information content (AvgIpc) is 0.833. The van der Waals surface area contributed by atoms with Crippen molar-refractivity contribution in [1.82, 2.24) is 29.8 Å². The molecular weight excluding hydrogens is 1200 g/mol. The van der Waals surface area contributed by atoms with Gasteiger partial charge in [0.1, 0.15) is 6.04 Å². The Balaban J connectivity index is 0.000000175. The molecule has 0 unspecified atom stereocenters. The van der Waals surface area contributed by atoms with Crippen LogP contribution in [0.1, 0.15) is 77.3 Å². The molecule has 2 saturated heterocycles. The van der Waals surface area contributed by atoms with Crippen LogP contribution in [0, 0.1) is 0 Å². The molecule has 3 amide bonds. The maximum Gasteiger partial charge on any atom is 0.377 e. The number of ketones is 2. The number of amides is 3. The summed E-state index contributed by atoms with van der Waals surface area (Å²) in [6.07, 6.45) is 1.12. The minimum atomic E-state index is -1.54. The summed E-state index contributed by atoms with van der Waals surface area (Å²) in [5.74, 6) is -2.37. The van der Waals surface area contributed by atoms with Gasteiger partial charge in [0.05, 0.1) is 60.8 Å². The Morgan fingerprint density at radius 1 is 0.411 bits per heavy atom. The lowest BCUT2D eigenvalue weighted by atomic mass is 9.92. The van der Waals surface area contributed by atoms with E-state index >= 15 is 0 Å². The summed E-state index contributed by atoms with van der Waals surface area (Å²) in [5, 5.41) is 12.1. The molecule has 0 radical (unpaired) electrons. The molecule has 4 aliphatic rings. The molecule has 0 bridgehead atoms. The molecule has 8 aromatic rings. The summed E-state index contributed by atoms with van der Waals surface area (Å²) in [5.41, 5.74) is 9.59. The summed E-state index contributed by atoms with van der Waals surface area (Å²) < 4.78 is 31.3. The van der Waals surface area contributed by atoms with Crippen molar-refractivity contribution < 1.29 is 62.3 Å². The number of hydrogen-bond acceptors (Lipinski definition) is 15. The van der Waals surface area contributed by atoms with E-state index in [4.69, 9.17) is 33.5 Å². The van der Waals surface area contributed by atoms with E-state index in [-0.39, 0.29) is 70.6 Å². The van der Waals surface area contributed by atoms with Gasteiger partial charge < -0.3 is 53.5 Å². The van der Waals surface area contributed by atoms with Gasteiger partial charge in [0, 0.05) is 83.0 Å². The topological polar surface area (TPSA) is 206 Å². The maximum absolute atomic E-state index is 14.3. The molecule has 4 aliphatic heterocycles. The Hall–Kier alpha value is -10.3. The minimum Gasteiger partial charge on any atom is -0.493 e. The molecule has 4 heterocycles. The summed E-state index contributed by atoms with van der Waals surface area (Å²) in [4.78, 5) is 87.4. The number of fused-ring (bicyclic) bond motifs is 2. The zero-order chi connectivity index (χ0) is 67.0. The van der Waals surface area contributed by atoms with Gasteiger partial charge in [-0.25, -0.2) is 4.79 Å². The molecule has 19 nitrogen and oxygen atoms in total. The lowest BCUT2D eigenvalue weighted by Gasteiger charge is -2.43. The molecule has 0 aromatic heterocycles. The van der Waals surface area contributed by atoms with Crippen LogP contribution >= 0.6 is 0 Å². The molecule has 8 aromatic carbocycles. The van der Waals surface area contributed by atoms with Crippen molar-refractivity contribution in [2.24, 2.45) is 0 Å². The predicted octanol–water partition coefficient (Wildman–Crippen LogP) is 9.40. The van der Waals surface area contributed by atoms with E-state index in [1.807, 2.05) is 41.3 Å². The van der Waals surface area contributed by atoms with Crippen molar-refractivity contribution in [3.63, 3.8) is 0 Å². The molecule has 492 valence electrons. The van der Waals surface area contributed by atoms with Gasteiger partial charge in [-0.2, -0.15) is 0 Å². The van der Waals surface area contributed by atoms with Crippen molar-refractivity contribution in [3.05, 3.63) is 250 Å². The zero-order valence-electron chi connectivity index (χ0n) is 54.4. The lowest BCUT2D eigenvalue weighted by molar-refractivity contribution is -0.146. The van der Waals surface area contributed by atoms with Crippen LogP contribution in [0.25, 0.3) is 0 Å². The fourth-order valence-corrected chi connectivity index (χ4v) is 13.0. The summed E-state index contributed by atoms with van der Waals surface area (Å²) in [6.45, 7) is 6.59. The van der Waals surface area contributed by atoms with E-state index in [0.29, 0.717) is 44.1 Å². The van der Waals surface area contributed by atoms with Crippen LogP contribution in [0.15, 0.2) is 194 Å². The number of ether oxygens (including phenoxy) is 6. The van der Waals surface area contributed by atoms with Crippen LogP contribution in [0.2, 0.25) is 0 Å². The van der Waals surface area contributed by atoms with Crippen LogP contribution in [-0.2, 0) is 45.1 Å². The number of nitrogens with zero attached hydrogens (tertiary/aromatic N) is 5. The predicted molar refractivity (Wildman–Crippen MR) is 360 cm³/mol. The second-order valence-electron chi connectivity index (χ2n) is 23.3. The van der Waals surface area contributed by atoms with Crippen molar-refractivity contribution in [2.75, 3.05) is 95.0 Å². The van der Waals surface area contributed by atoms with Crippen molar-refractivity contribution in [3.8, 4) is 34.5 Å². The molecule has 2 atom stereocenters. The van der Waals surface area contributed by atoms with E-state index in [2.05, 4.69) is 153 Å². The number of nitrogens with one attached hydrogen (secondary N) is 1. The SMILES string of the molecule is COc1cc(C(=O)C(=O)N2Cc3ccccc3C[C@H]2C(=O)N2CCN(C(c3ccccc3)c3ccccc3)CC2)cc(OC)c1OC.COc1cc(C(=O)C(=O)O)cc(OC)c1OC.O=C([C@@H]1Cc2ccccc2CN1)N1CCN(C(c2ccccc2)c2ccccc2)CC1. The number of methoxy groups -OCH3 is 6. The smallest absolute Gasteiger partial charge is 0.377 e. The van der Waals surface area contributed by atoms with Crippen LogP contribution in [0.3, 0.4) is 0 Å². The van der Waals surface area contributed by atoms with Gasteiger partial charge in [-0.05, 0) is 75.2 Å². The Labute approximate surface area is 554 Å². The van der Waals surface area contributed by atoms with E-state index in [9.17, 15) is 28.8 Å². The Bertz CT molecular complexity index is 3830. The highest BCUT2D eigenvalue weighted by Gasteiger charge is 2.41. The molecule has 0 spiro atoms. The summed E-state index contributed by atoms with van der Waals surface area (Å²) in [7, 11) is 8.55. The maximum atomic E-state index is 14.3. The fraction of sp³-hybridized carbons (Fsp3) is 0.289. The third-order valence-electron chi connectivity index (χ3n) is 17.9. The van der Waals surface area contributed by atoms with Gasteiger partial charge >= 0.3 is 5.97 Å². The first kappa shape index (κ1) is 67.5. The van der Waals surface area contributed by atoms with Crippen LogP contribution < -0.4 is 33.7 Å². The number of carbonyl (C=O) groups is 6. The van der Waals surface area contributed by atoms with Crippen LogP contribution in [0.4, 0.5) is 0 Å². The minimum absolute atomic E-state index is 0.0352. The Kier molecular flexibility index (Phi) is 22.8. The monoisotopic (exact) mass is 1280 g/mol. The molecule has 0 aliphatic carbocycles. The molecular formula is C76H80N6O13. The standard InChI is InChI=1S/C38H39N3O6.C27H29N3O.C11H12O6/c1-45-32-23-30(24-33(46-2)36(32)47-3)35(42)38(44)41-25-29-17-11-10-16-28(29)22-31(41)37(43)40-20-18-39(19-21-40)34(26-12-6-4-7-13-26)27-14-8-5-9-15-27;31-27(25-19-23-13-7-8-14-24(23)20-28-25)30-17-15-29(16-18-30)26(21-9-3-1-4-10-21)22-11-5-2-6-12-22;1-15-7-4-6(9(12)11(13)14)5-8(16-2)10(7)17-3/h4-17,23-24,31,34H,18-22,25H2,1-3H3;1-14,25-26,28H,15-20H2;4-5H,1-3H3,(H,13,14)/t31-;25-;/m00./s1. The number of rotatable bonds is 18. The van der Waals surface area contributed by atoms with E-state index in [1.54, 1.807) is 0 Å². The van der Waals surface area contributed by atoms with Gasteiger partial charge in [0.15, 0.2) is 23.0 Å². The van der Waals surface area contributed by atoms with E-state index in [1.165, 1.54) is 105 Å². The first-order valence-corrected chi connectivity index (χ1v) is 31.6. The fourth-order valence-electron chi connectivity index (χ4n) is 13.0. The largest absolute Gasteiger partial charge is 0.493 e. The summed E-state index contributed by atoms with van der Waals surface area (Å²) >= 11 is 0. The number of benzene rings is 8. The number of aliphatic carboxylic acids is 1. The highest BCUT2D eigenvalue weighted by molar-refractivity contribution is 6.43. The molecule has 19 heteroatoms. The normalized spacial score (nSPS) is 16.1. The number of Topliss-reactive ketones (excluding diaryl/α,β-unsaturated/α-hetero) is 2. The van der Waals surface area contributed by atoms with Gasteiger partial charge in [0.2, 0.25) is 23.3 Å². The van der Waals surface area contributed by atoms with Crippen molar-refractivity contribution in [1.29, 1.82) is 0 Å². The highest BCUT2D eigenvalue weighted by atomic mass is 16.5. The highest BCUT2D eigenvalue weighted by Crippen LogP contribution is 2.40. The van der Waals surface area contributed by atoms with Gasteiger partial charge in [-0.15, -0.1) is 0 Å². The Morgan fingerprint density at radius 2 is 0.758 bits per heavy atom. The first-order chi connectivity index (χ1) is 46.3.